The lowest BCUT2D eigenvalue weighted by Crippen LogP contribution is -2.24. The minimum atomic E-state index is -4.53. The van der Waals surface area contributed by atoms with E-state index in [0.717, 1.165) is 23.4 Å². The summed E-state index contributed by atoms with van der Waals surface area (Å²) in [7, 11) is 0. The zero-order valence-electron chi connectivity index (χ0n) is 18.3. The molecule has 0 saturated heterocycles. The molecule has 4 rings (SSSR count). The zero-order chi connectivity index (χ0) is 24.3. The minimum absolute atomic E-state index is 0.184. The van der Waals surface area contributed by atoms with Crippen LogP contribution >= 0.6 is 0 Å². The third kappa shape index (κ3) is 5.06. The molecule has 0 aromatic carbocycles. The fraction of sp³-hybridized carbons (Fsp3) is 0.167. The molecule has 1 N–H and O–H groups in total. The summed E-state index contributed by atoms with van der Waals surface area (Å²) in [5.41, 5.74) is 3.67. The Hall–Kier alpha value is -4.21. The molecule has 0 unspecified atom stereocenters. The molecule has 0 atom stereocenters. The molecular weight excluding hydrogens is 445 g/mol. The molecule has 172 valence electrons. The van der Waals surface area contributed by atoms with Crippen molar-refractivity contribution in [3.63, 3.8) is 0 Å². The van der Waals surface area contributed by atoms with E-state index in [1.54, 1.807) is 43.8 Å². The van der Waals surface area contributed by atoms with Crippen molar-refractivity contribution in [3.05, 3.63) is 89.5 Å². The number of amides is 1. The predicted octanol–water partition coefficient (Wildman–Crippen LogP) is 4.56. The summed E-state index contributed by atoms with van der Waals surface area (Å²) in [5.74, 6) is -0.362. The monoisotopic (exact) mass is 464 g/mol. The summed E-state index contributed by atoms with van der Waals surface area (Å²) in [6, 6.07) is 5.89. The molecule has 4 aromatic heterocycles. The molecule has 0 bridgehead atoms. The molecule has 0 radical (unpaired) electrons. The molecular formula is C24H19F3N6O. The van der Waals surface area contributed by atoms with Crippen LogP contribution in [-0.2, 0) is 12.7 Å². The Labute approximate surface area is 193 Å². The van der Waals surface area contributed by atoms with E-state index in [1.165, 1.54) is 12.3 Å². The summed E-state index contributed by atoms with van der Waals surface area (Å²) >= 11 is 0. The Morgan fingerprint density at radius 3 is 2.41 bits per heavy atom. The smallest absolute Gasteiger partial charge is 0.347 e. The van der Waals surface area contributed by atoms with Crippen LogP contribution < -0.4 is 5.32 Å². The van der Waals surface area contributed by atoms with Crippen LogP contribution in [0.15, 0.2) is 61.4 Å². The second kappa shape index (κ2) is 9.34. The quantitative estimate of drug-likeness (QED) is 0.465. The van der Waals surface area contributed by atoms with E-state index in [2.05, 4.69) is 30.2 Å². The Morgan fingerprint density at radius 2 is 1.74 bits per heavy atom. The van der Waals surface area contributed by atoms with Gasteiger partial charge in [-0.25, -0.2) is 0 Å². The summed E-state index contributed by atoms with van der Waals surface area (Å²) in [6.07, 6.45) is 4.46. The van der Waals surface area contributed by atoms with Crippen molar-refractivity contribution in [2.24, 2.45) is 0 Å². The van der Waals surface area contributed by atoms with Crippen LogP contribution in [0.2, 0.25) is 0 Å². The molecule has 0 aliphatic heterocycles. The van der Waals surface area contributed by atoms with Crippen molar-refractivity contribution >= 4 is 5.91 Å². The van der Waals surface area contributed by atoms with Crippen molar-refractivity contribution in [3.8, 4) is 22.5 Å². The maximum atomic E-state index is 13.0. The number of nitrogens with zero attached hydrogens (tertiary/aromatic N) is 5. The lowest BCUT2D eigenvalue weighted by molar-refractivity contribution is -0.141. The van der Waals surface area contributed by atoms with Gasteiger partial charge in [0.1, 0.15) is 11.4 Å². The van der Waals surface area contributed by atoms with E-state index in [1.807, 2.05) is 6.92 Å². The van der Waals surface area contributed by atoms with Gasteiger partial charge in [-0.1, -0.05) is 6.07 Å². The molecule has 0 aliphatic carbocycles. The number of aryl methyl sites for hydroxylation is 2. The number of carbonyl (C=O) groups is 1. The van der Waals surface area contributed by atoms with Crippen molar-refractivity contribution < 1.29 is 18.0 Å². The van der Waals surface area contributed by atoms with Gasteiger partial charge in [-0.2, -0.15) is 13.2 Å². The number of rotatable bonds is 5. The number of alkyl halides is 3. The fourth-order valence-electron chi connectivity index (χ4n) is 3.42. The number of nitrogens with one attached hydrogen (secondary N) is 1. The summed E-state index contributed by atoms with van der Waals surface area (Å²) in [6.45, 7) is 3.79. The lowest BCUT2D eigenvalue weighted by atomic mass is 10.1. The average Bonchev–Trinajstić information content (AvgIpc) is 2.82. The third-order valence-electron chi connectivity index (χ3n) is 5.09. The zero-order valence-corrected chi connectivity index (χ0v) is 18.3. The standard InChI is InChI=1S/C24H19F3N6O/c1-14-8-19(31-12-18(14)20-13-28-5-6-29-20)23(34)33-11-16-7-15(2)22(32-10-16)17-3-4-30-21(9-17)24(25,26)27/h3-10,12-13H,11H2,1-2H3,(H,33,34). The van der Waals surface area contributed by atoms with Crippen LogP contribution in [0.1, 0.15) is 32.9 Å². The van der Waals surface area contributed by atoms with Gasteiger partial charge in [-0.15, -0.1) is 0 Å². The van der Waals surface area contributed by atoms with Gasteiger partial charge in [0.05, 0.1) is 17.6 Å². The first-order valence-electron chi connectivity index (χ1n) is 10.2. The van der Waals surface area contributed by atoms with Gasteiger partial charge in [0.25, 0.3) is 5.91 Å². The maximum absolute atomic E-state index is 13.0. The second-order valence-corrected chi connectivity index (χ2v) is 7.59. The Balaban J connectivity index is 1.46. The van der Waals surface area contributed by atoms with Crippen molar-refractivity contribution in [1.29, 1.82) is 0 Å². The largest absolute Gasteiger partial charge is 0.433 e. The number of pyridine rings is 3. The molecule has 1 amide bonds. The van der Waals surface area contributed by atoms with E-state index < -0.39 is 11.9 Å². The van der Waals surface area contributed by atoms with Crippen LogP contribution in [0.25, 0.3) is 22.5 Å². The highest BCUT2D eigenvalue weighted by atomic mass is 19.4. The first-order chi connectivity index (χ1) is 16.2. The van der Waals surface area contributed by atoms with E-state index in [4.69, 9.17) is 0 Å². The first-order valence-corrected chi connectivity index (χ1v) is 10.2. The highest BCUT2D eigenvalue weighted by Gasteiger charge is 2.32. The lowest BCUT2D eigenvalue weighted by Gasteiger charge is -2.11. The first kappa shape index (κ1) is 23.0. The predicted molar refractivity (Wildman–Crippen MR) is 118 cm³/mol. The van der Waals surface area contributed by atoms with Crippen LogP contribution in [0.5, 0.6) is 0 Å². The SMILES string of the molecule is Cc1cc(C(=O)NCc2cnc(-c3ccnc(C(F)(F)F)c3)c(C)c2)ncc1-c1cnccn1. The topological polar surface area (TPSA) is 93.6 Å². The number of aromatic nitrogens is 5. The van der Waals surface area contributed by atoms with Gasteiger partial charge in [-0.05, 0) is 48.7 Å². The van der Waals surface area contributed by atoms with Crippen LogP contribution in [0, 0.1) is 13.8 Å². The van der Waals surface area contributed by atoms with E-state index in [9.17, 15) is 18.0 Å². The summed E-state index contributed by atoms with van der Waals surface area (Å²) < 4.78 is 38.9. The van der Waals surface area contributed by atoms with Crippen molar-refractivity contribution in [2.75, 3.05) is 0 Å². The van der Waals surface area contributed by atoms with E-state index in [-0.39, 0.29) is 18.1 Å². The van der Waals surface area contributed by atoms with Crippen LogP contribution in [0.3, 0.4) is 0 Å². The maximum Gasteiger partial charge on any atom is 0.433 e. The van der Waals surface area contributed by atoms with Crippen LogP contribution in [0.4, 0.5) is 13.2 Å². The molecule has 10 heteroatoms. The van der Waals surface area contributed by atoms with E-state index >= 15 is 0 Å². The minimum Gasteiger partial charge on any atom is -0.347 e. The summed E-state index contributed by atoms with van der Waals surface area (Å²) in [5, 5.41) is 2.79. The Morgan fingerprint density at radius 1 is 0.912 bits per heavy atom. The van der Waals surface area contributed by atoms with Crippen LogP contribution in [-0.4, -0.2) is 30.8 Å². The highest BCUT2D eigenvalue weighted by molar-refractivity contribution is 5.92. The Bertz CT molecular complexity index is 1340. The molecule has 34 heavy (non-hydrogen) atoms. The average molecular weight is 464 g/mol. The van der Waals surface area contributed by atoms with Gasteiger partial charge in [-0.3, -0.25) is 29.7 Å². The van der Waals surface area contributed by atoms with Gasteiger partial charge < -0.3 is 5.32 Å². The van der Waals surface area contributed by atoms with Gasteiger partial charge >= 0.3 is 6.18 Å². The van der Waals surface area contributed by atoms with Gasteiger partial charge in [0.15, 0.2) is 0 Å². The molecule has 0 saturated carbocycles. The second-order valence-electron chi connectivity index (χ2n) is 7.59. The van der Waals surface area contributed by atoms with Crippen molar-refractivity contribution in [1.82, 2.24) is 30.2 Å². The molecule has 4 aromatic rings. The number of hydrogen-bond donors (Lipinski definition) is 1. The summed E-state index contributed by atoms with van der Waals surface area (Å²) in [4.78, 5) is 32.8. The number of halogens is 3. The molecule has 0 spiro atoms. The van der Waals surface area contributed by atoms with E-state index in [0.29, 0.717) is 28.1 Å². The number of hydrogen-bond acceptors (Lipinski definition) is 6. The van der Waals surface area contributed by atoms with Crippen molar-refractivity contribution in [2.45, 2.75) is 26.6 Å². The number of carbonyl (C=O) groups excluding carboxylic acids is 1. The molecule has 0 fully saturated rings. The molecule has 7 nitrogen and oxygen atoms in total. The normalized spacial score (nSPS) is 11.3. The Kier molecular flexibility index (Phi) is 6.31. The highest BCUT2D eigenvalue weighted by Crippen LogP contribution is 2.31. The van der Waals surface area contributed by atoms with Gasteiger partial charge in [0, 0.05) is 48.7 Å². The third-order valence-corrected chi connectivity index (χ3v) is 5.09. The fourth-order valence-corrected chi connectivity index (χ4v) is 3.42. The molecule has 0 aliphatic rings. The molecule has 4 heterocycles. The van der Waals surface area contributed by atoms with Gasteiger partial charge in [0.2, 0.25) is 0 Å².